The third kappa shape index (κ3) is 9.06. The van der Waals surface area contributed by atoms with E-state index in [1.807, 2.05) is 37.3 Å². The third-order valence-corrected chi connectivity index (χ3v) is 5.50. The zero-order chi connectivity index (χ0) is 21.4. The van der Waals surface area contributed by atoms with Gasteiger partial charge >= 0.3 is 5.97 Å². The molecule has 0 bridgehead atoms. The molecule has 30 heavy (non-hydrogen) atoms. The Morgan fingerprint density at radius 1 is 0.833 bits per heavy atom. The minimum absolute atomic E-state index is 0.135. The predicted molar refractivity (Wildman–Crippen MR) is 122 cm³/mol. The maximum atomic E-state index is 12.4. The molecule has 1 aromatic carbocycles. The van der Waals surface area contributed by atoms with E-state index >= 15 is 0 Å². The number of aryl methyl sites for hydroxylation is 1. The summed E-state index contributed by atoms with van der Waals surface area (Å²) in [5.74, 6) is -0.326. The van der Waals surface area contributed by atoms with Crippen LogP contribution in [0.2, 0.25) is 0 Å². The molecule has 0 spiro atoms. The minimum Gasteiger partial charge on any atom is -0.452 e. The van der Waals surface area contributed by atoms with Gasteiger partial charge in [-0.1, -0.05) is 102 Å². The normalized spacial score (nSPS) is 11.9. The summed E-state index contributed by atoms with van der Waals surface area (Å²) in [4.78, 5) is 20.9. The standard InChI is InChI=1S/C26H38N2O2/c1-3-5-6-7-8-9-10-11-12-14-17-22-20-27-25(28-21-22)26(29)30-24(4-2)23-18-15-13-16-19-23/h13,15-16,18-21,24H,3-12,14,17H2,1-2H3. The minimum atomic E-state index is -0.462. The largest absolute Gasteiger partial charge is 0.452 e. The fourth-order valence-electron chi connectivity index (χ4n) is 3.64. The molecule has 2 aromatic rings. The van der Waals surface area contributed by atoms with Gasteiger partial charge in [0, 0.05) is 12.4 Å². The van der Waals surface area contributed by atoms with Crippen molar-refractivity contribution in [3.05, 3.63) is 59.7 Å². The summed E-state index contributed by atoms with van der Waals surface area (Å²) in [5.41, 5.74) is 2.08. The van der Waals surface area contributed by atoms with Crippen molar-refractivity contribution in [2.75, 3.05) is 0 Å². The van der Waals surface area contributed by atoms with Crippen molar-refractivity contribution >= 4 is 5.97 Å². The number of esters is 1. The summed E-state index contributed by atoms with van der Waals surface area (Å²) >= 11 is 0. The van der Waals surface area contributed by atoms with E-state index in [4.69, 9.17) is 4.74 Å². The fraction of sp³-hybridized carbons (Fsp3) is 0.577. The van der Waals surface area contributed by atoms with E-state index in [2.05, 4.69) is 16.9 Å². The van der Waals surface area contributed by atoms with Crippen LogP contribution in [-0.2, 0) is 11.2 Å². The van der Waals surface area contributed by atoms with E-state index in [1.54, 1.807) is 12.4 Å². The Hall–Kier alpha value is -2.23. The highest BCUT2D eigenvalue weighted by molar-refractivity contribution is 5.85. The van der Waals surface area contributed by atoms with Crippen molar-refractivity contribution in [1.82, 2.24) is 9.97 Å². The van der Waals surface area contributed by atoms with E-state index in [0.717, 1.165) is 24.0 Å². The quantitative estimate of drug-likeness (QED) is 0.229. The first-order chi connectivity index (χ1) is 14.7. The van der Waals surface area contributed by atoms with Gasteiger partial charge in [0.1, 0.15) is 6.10 Å². The molecule has 4 heteroatoms. The summed E-state index contributed by atoms with van der Waals surface area (Å²) in [6.45, 7) is 4.26. The SMILES string of the molecule is CCCCCCCCCCCCc1cnc(C(=O)OC(CC)c2ccccc2)nc1. The fourth-order valence-corrected chi connectivity index (χ4v) is 3.64. The third-order valence-electron chi connectivity index (χ3n) is 5.50. The monoisotopic (exact) mass is 410 g/mol. The van der Waals surface area contributed by atoms with Gasteiger partial charge in [-0.25, -0.2) is 14.8 Å². The van der Waals surface area contributed by atoms with Crippen LogP contribution in [0.5, 0.6) is 0 Å². The van der Waals surface area contributed by atoms with Crippen LogP contribution in [-0.4, -0.2) is 15.9 Å². The number of rotatable bonds is 15. The highest BCUT2D eigenvalue weighted by atomic mass is 16.5. The molecule has 0 N–H and O–H groups in total. The van der Waals surface area contributed by atoms with Gasteiger partial charge in [0.15, 0.2) is 0 Å². The van der Waals surface area contributed by atoms with Crippen LogP contribution in [0.4, 0.5) is 0 Å². The van der Waals surface area contributed by atoms with Gasteiger partial charge in [-0.3, -0.25) is 0 Å². The van der Waals surface area contributed by atoms with Crippen LogP contribution in [0.15, 0.2) is 42.7 Å². The molecule has 1 unspecified atom stereocenters. The molecule has 0 aliphatic rings. The van der Waals surface area contributed by atoms with Crippen molar-refractivity contribution in [2.45, 2.75) is 97.0 Å². The molecule has 2 rings (SSSR count). The Bertz CT molecular complexity index is 701. The maximum absolute atomic E-state index is 12.4. The van der Waals surface area contributed by atoms with Crippen LogP contribution < -0.4 is 0 Å². The summed E-state index contributed by atoms with van der Waals surface area (Å²) in [5, 5.41) is 0. The zero-order valence-corrected chi connectivity index (χ0v) is 18.8. The number of carbonyl (C=O) groups excluding carboxylic acids is 1. The van der Waals surface area contributed by atoms with Crippen molar-refractivity contribution in [3.63, 3.8) is 0 Å². The van der Waals surface area contributed by atoms with E-state index in [0.29, 0.717) is 6.42 Å². The smallest absolute Gasteiger partial charge is 0.376 e. The van der Waals surface area contributed by atoms with Gasteiger partial charge in [-0.05, 0) is 30.4 Å². The Morgan fingerprint density at radius 3 is 1.97 bits per heavy atom. The number of aromatic nitrogens is 2. The highest BCUT2D eigenvalue weighted by Crippen LogP contribution is 2.21. The van der Waals surface area contributed by atoms with Crippen molar-refractivity contribution in [3.8, 4) is 0 Å². The van der Waals surface area contributed by atoms with E-state index in [-0.39, 0.29) is 11.9 Å². The number of carbonyl (C=O) groups is 1. The van der Waals surface area contributed by atoms with Gasteiger partial charge in [-0.2, -0.15) is 0 Å². The van der Waals surface area contributed by atoms with Gasteiger partial charge in [-0.15, -0.1) is 0 Å². The molecular weight excluding hydrogens is 372 g/mol. The van der Waals surface area contributed by atoms with Gasteiger partial charge in [0.2, 0.25) is 5.82 Å². The Morgan fingerprint density at radius 2 is 1.40 bits per heavy atom. The molecule has 4 nitrogen and oxygen atoms in total. The Kier molecular flexibility index (Phi) is 11.8. The molecule has 0 aliphatic heterocycles. The molecule has 0 amide bonds. The summed E-state index contributed by atoms with van der Waals surface area (Å²) in [6, 6.07) is 9.79. The average Bonchev–Trinajstić information content (AvgIpc) is 2.79. The molecule has 0 saturated carbocycles. The number of hydrogen-bond donors (Lipinski definition) is 0. The predicted octanol–water partition coefficient (Wildman–Crippen LogP) is 7.25. The number of ether oxygens (including phenoxy) is 1. The van der Waals surface area contributed by atoms with Gasteiger partial charge in [0.05, 0.1) is 0 Å². The topological polar surface area (TPSA) is 52.1 Å². The van der Waals surface area contributed by atoms with Crippen LogP contribution in [0.1, 0.15) is 112 Å². The van der Waals surface area contributed by atoms with Crippen LogP contribution in [0.3, 0.4) is 0 Å². The summed E-state index contributed by atoms with van der Waals surface area (Å²) in [7, 11) is 0. The molecule has 1 aromatic heterocycles. The second kappa shape index (κ2) is 14.7. The number of benzene rings is 1. The molecule has 1 heterocycles. The lowest BCUT2D eigenvalue weighted by Crippen LogP contribution is -2.14. The Balaban J connectivity index is 1.65. The van der Waals surface area contributed by atoms with E-state index < -0.39 is 5.97 Å². The van der Waals surface area contributed by atoms with E-state index in [1.165, 1.54) is 57.8 Å². The first-order valence-electron chi connectivity index (χ1n) is 11.8. The summed E-state index contributed by atoms with van der Waals surface area (Å²) < 4.78 is 5.61. The second-order valence-electron chi connectivity index (χ2n) is 8.06. The highest BCUT2D eigenvalue weighted by Gasteiger charge is 2.18. The first kappa shape index (κ1) is 24.0. The lowest BCUT2D eigenvalue weighted by atomic mass is 10.0. The molecule has 0 fully saturated rings. The number of nitrogens with zero attached hydrogens (tertiary/aromatic N) is 2. The number of unbranched alkanes of at least 4 members (excludes halogenated alkanes) is 9. The van der Waals surface area contributed by atoms with Crippen LogP contribution in [0, 0.1) is 0 Å². The molecular formula is C26H38N2O2. The number of hydrogen-bond acceptors (Lipinski definition) is 4. The first-order valence-corrected chi connectivity index (χ1v) is 11.8. The lowest BCUT2D eigenvalue weighted by Gasteiger charge is -2.15. The van der Waals surface area contributed by atoms with Gasteiger partial charge in [0.25, 0.3) is 0 Å². The molecule has 0 aliphatic carbocycles. The van der Waals surface area contributed by atoms with Crippen LogP contribution in [0.25, 0.3) is 0 Å². The zero-order valence-electron chi connectivity index (χ0n) is 18.8. The maximum Gasteiger partial charge on any atom is 0.376 e. The molecule has 164 valence electrons. The lowest BCUT2D eigenvalue weighted by molar-refractivity contribution is 0.0273. The molecule has 0 radical (unpaired) electrons. The van der Waals surface area contributed by atoms with Crippen LogP contribution >= 0.6 is 0 Å². The second-order valence-corrected chi connectivity index (χ2v) is 8.06. The van der Waals surface area contributed by atoms with Crippen molar-refractivity contribution in [2.24, 2.45) is 0 Å². The Labute approximate surface area is 182 Å². The van der Waals surface area contributed by atoms with Gasteiger partial charge < -0.3 is 4.74 Å². The molecule has 1 atom stereocenters. The summed E-state index contributed by atoms with van der Waals surface area (Å²) in [6.07, 6.45) is 18.2. The van der Waals surface area contributed by atoms with Crippen molar-refractivity contribution < 1.29 is 9.53 Å². The van der Waals surface area contributed by atoms with Crippen molar-refractivity contribution in [1.29, 1.82) is 0 Å². The average molecular weight is 411 g/mol. The molecule has 0 saturated heterocycles. The van der Waals surface area contributed by atoms with E-state index in [9.17, 15) is 4.79 Å².